The molecule has 1 aromatic carbocycles. The van der Waals surface area contributed by atoms with Crippen LogP contribution in [0, 0.1) is 19.8 Å². The maximum Gasteiger partial charge on any atom is 0.248 e. The molecule has 0 aliphatic carbocycles. The molecule has 4 saturated heterocycles. The number of piperazine rings is 1. The lowest BCUT2D eigenvalue weighted by atomic mass is 9.83. The minimum absolute atomic E-state index is 0.0158. The molecule has 4 fully saturated rings. The quantitative estimate of drug-likeness (QED) is 0.432. The molecule has 0 aromatic heterocycles. The van der Waals surface area contributed by atoms with Gasteiger partial charge in [-0.3, -0.25) is 9.69 Å². The molecule has 4 aliphatic heterocycles. The van der Waals surface area contributed by atoms with E-state index in [2.05, 4.69) is 9.80 Å². The fourth-order valence-corrected chi connectivity index (χ4v) is 7.92. The van der Waals surface area contributed by atoms with Crippen molar-refractivity contribution in [2.75, 3.05) is 79.2 Å². The minimum atomic E-state index is -3.69. The van der Waals surface area contributed by atoms with Gasteiger partial charge in [-0.05, 0) is 69.0 Å². The molecule has 5 rings (SSSR count). The van der Waals surface area contributed by atoms with Crippen molar-refractivity contribution >= 4 is 15.9 Å². The first kappa shape index (κ1) is 27.3. The number of sulfonamides is 1. The van der Waals surface area contributed by atoms with Crippen molar-refractivity contribution in [1.82, 2.24) is 19.0 Å². The van der Waals surface area contributed by atoms with Gasteiger partial charge in [0, 0.05) is 51.9 Å². The molecule has 36 heavy (non-hydrogen) atoms. The maximum atomic E-state index is 13.3. The Morgan fingerprint density at radius 3 is 2.22 bits per heavy atom. The van der Waals surface area contributed by atoms with Crippen molar-refractivity contribution in [2.24, 2.45) is 5.92 Å². The van der Waals surface area contributed by atoms with E-state index in [1.54, 1.807) is 33.1 Å². The van der Waals surface area contributed by atoms with Crippen molar-refractivity contribution in [2.45, 2.75) is 44.6 Å². The second-order valence-electron chi connectivity index (χ2n) is 10.3. The van der Waals surface area contributed by atoms with E-state index < -0.39 is 10.0 Å². The first-order valence-corrected chi connectivity index (χ1v) is 14.7. The van der Waals surface area contributed by atoms with Gasteiger partial charge in [0.2, 0.25) is 15.9 Å². The highest BCUT2D eigenvalue weighted by Gasteiger charge is 2.38. The lowest BCUT2D eigenvalue weighted by molar-refractivity contribution is -0.139. The van der Waals surface area contributed by atoms with Crippen molar-refractivity contribution in [1.29, 1.82) is 0 Å². The van der Waals surface area contributed by atoms with Crippen LogP contribution in [0.5, 0.6) is 5.75 Å². The average molecular weight is 523 g/mol. The summed E-state index contributed by atoms with van der Waals surface area (Å²) in [4.78, 5) is 20.1. The number of hydrogen-bond donors (Lipinski definition) is 0. The van der Waals surface area contributed by atoms with Gasteiger partial charge >= 0.3 is 0 Å². The van der Waals surface area contributed by atoms with Crippen LogP contribution in [0.1, 0.15) is 30.9 Å². The summed E-state index contributed by atoms with van der Waals surface area (Å²) in [6, 6.07) is 4.11. The zero-order valence-corrected chi connectivity index (χ0v) is 23.1. The summed E-state index contributed by atoms with van der Waals surface area (Å²) in [6.45, 7) is 13.0. The molecule has 1 unspecified atom stereocenters. The molecule has 202 valence electrons. The van der Waals surface area contributed by atoms with Gasteiger partial charge in [-0.2, -0.15) is 4.31 Å². The Kier molecular flexibility index (Phi) is 8.93. The van der Waals surface area contributed by atoms with Crippen LogP contribution in [0.25, 0.3) is 0 Å². The lowest BCUT2D eigenvalue weighted by Crippen LogP contribution is -2.61. The number of hydrogen-bond acceptors (Lipinski definition) is 7. The molecule has 4 heterocycles. The third-order valence-electron chi connectivity index (χ3n) is 8.09. The highest BCUT2D eigenvalue weighted by atomic mass is 32.2. The van der Waals surface area contributed by atoms with Gasteiger partial charge in [0.25, 0.3) is 0 Å². The number of rotatable bonds is 10. The van der Waals surface area contributed by atoms with Gasteiger partial charge in [0.05, 0.1) is 18.6 Å². The van der Waals surface area contributed by atoms with Crippen LogP contribution in [-0.4, -0.2) is 119 Å². The van der Waals surface area contributed by atoms with Gasteiger partial charge in [-0.25, -0.2) is 8.42 Å². The Bertz CT molecular complexity index is 994. The first-order chi connectivity index (χ1) is 17.2. The second kappa shape index (κ2) is 11.8. The van der Waals surface area contributed by atoms with Crippen LogP contribution < -0.4 is 4.74 Å². The topological polar surface area (TPSA) is 82.6 Å². The van der Waals surface area contributed by atoms with Crippen molar-refractivity contribution < 1.29 is 22.7 Å². The Labute approximate surface area is 216 Å². The van der Waals surface area contributed by atoms with Gasteiger partial charge in [0.1, 0.15) is 12.4 Å². The molecule has 0 saturated carbocycles. The Hall–Kier alpha value is -1.72. The van der Waals surface area contributed by atoms with Gasteiger partial charge in [-0.15, -0.1) is 0 Å². The Balaban J connectivity index is 1.23. The molecule has 0 radical (unpaired) electrons. The number of likely N-dealkylation sites (N-methyl/N-ethyl adjacent to an activating group) is 1. The third kappa shape index (κ3) is 5.88. The molecule has 4 aliphatic rings. The second-order valence-corrected chi connectivity index (χ2v) is 12.1. The number of ether oxygens (including phenoxy) is 2. The minimum Gasteiger partial charge on any atom is -0.497 e. The highest BCUT2D eigenvalue weighted by Crippen LogP contribution is 2.31. The van der Waals surface area contributed by atoms with E-state index >= 15 is 0 Å². The number of carbonyl (C=O) groups excluding carboxylic acids is 1. The van der Waals surface area contributed by atoms with Crippen LogP contribution in [-0.2, 0) is 19.6 Å². The van der Waals surface area contributed by atoms with Crippen LogP contribution in [0.2, 0.25) is 0 Å². The molecular weight excluding hydrogens is 480 g/mol. The molecule has 1 aromatic rings. The summed E-state index contributed by atoms with van der Waals surface area (Å²) < 4.78 is 39.0. The fourth-order valence-electron chi connectivity index (χ4n) is 6.08. The van der Waals surface area contributed by atoms with E-state index in [-0.39, 0.29) is 25.7 Å². The molecule has 0 spiro atoms. The maximum absolute atomic E-state index is 13.3. The van der Waals surface area contributed by atoms with Crippen molar-refractivity contribution in [3.63, 3.8) is 0 Å². The van der Waals surface area contributed by atoms with E-state index in [1.807, 2.05) is 11.8 Å². The number of nitrogens with zero attached hydrogens (tertiary/aromatic N) is 4. The van der Waals surface area contributed by atoms with Gasteiger partial charge < -0.3 is 19.3 Å². The fraction of sp³-hybridized carbons (Fsp3) is 0.731. The van der Waals surface area contributed by atoms with Crippen molar-refractivity contribution in [3.8, 4) is 5.75 Å². The summed E-state index contributed by atoms with van der Waals surface area (Å²) >= 11 is 0. The monoisotopic (exact) mass is 522 g/mol. The zero-order chi connectivity index (χ0) is 25.9. The number of aryl methyl sites for hydroxylation is 2. The number of carbonyl (C=O) groups is 1. The van der Waals surface area contributed by atoms with Gasteiger partial charge in [0.15, 0.2) is 0 Å². The summed E-state index contributed by atoms with van der Waals surface area (Å²) in [5.74, 6) is 1.43. The number of piperidine rings is 3. The zero-order valence-electron chi connectivity index (χ0n) is 22.2. The molecule has 1 amide bonds. The van der Waals surface area contributed by atoms with E-state index in [4.69, 9.17) is 9.47 Å². The predicted molar refractivity (Wildman–Crippen MR) is 139 cm³/mol. The summed E-state index contributed by atoms with van der Waals surface area (Å²) in [6.07, 6.45) is 2.61. The van der Waals surface area contributed by atoms with Crippen LogP contribution >= 0.6 is 0 Å². The van der Waals surface area contributed by atoms with Crippen LogP contribution in [0.3, 0.4) is 0 Å². The Morgan fingerprint density at radius 2 is 1.69 bits per heavy atom. The number of amides is 1. The first-order valence-electron chi connectivity index (χ1n) is 13.2. The number of fused-ring (bicyclic) bond motifs is 3. The smallest absolute Gasteiger partial charge is 0.248 e. The van der Waals surface area contributed by atoms with E-state index in [0.717, 1.165) is 32.1 Å². The van der Waals surface area contributed by atoms with E-state index in [1.165, 1.54) is 36.8 Å². The number of benzene rings is 1. The molecule has 9 nitrogen and oxygen atoms in total. The summed E-state index contributed by atoms with van der Waals surface area (Å²) in [7, 11) is -2.12. The molecular formula is C26H42N4O5S. The highest BCUT2D eigenvalue weighted by molar-refractivity contribution is 7.89. The number of methoxy groups -OCH3 is 1. The lowest BCUT2D eigenvalue weighted by Gasteiger charge is -2.51. The average Bonchev–Trinajstić information content (AvgIpc) is 2.88. The normalized spacial score (nSPS) is 24.9. The molecule has 1 atom stereocenters. The van der Waals surface area contributed by atoms with Crippen LogP contribution in [0.15, 0.2) is 17.0 Å². The summed E-state index contributed by atoms with van der Waals surface area (Å²) in [5, 5.41) is 0. The third-order valence-corrected chi connectivity index (χ3v) is 10.4. The van der Waals surface area contributed by atoms with Gasteiger partial charge in [-0.1, -0.05) is 6.92 Å². The van der Waals surface area contributed by atoms with E-state index in [0.29, 0.717) is 34.4 Å². The molecule has 10 heteroatoms. The Morgan fingerprint density at radius 1 is 1.06 bits per heavy atom. The van der Waals surface area contributed by atoms with E-state index in [9.17, 15) is 13.2 Å². The molecule has 2 bridgehead atoms. The summed E-state index contributed by atoms with van der Waals surface area (Å²) in [5.41, 5.74) is 1.30. The standard InChI is InChI=1S/C26H42N4O5S/c1-5-30(36(32,33)26-20(2)16-23(34-4)17-21(26)3)14-15-35-19-25(31)29-12-10-28(11-13-29)24-18-27-8-6-22(24)7-9-27/h16-17,22,24H,5-15,18-19H2,1-4H3. The van der Waals surface area contributed by atoms with Crippen LogP contribution in [0.4, 0.5) is 0 Å². The SMILES string of the molecule is CCN(CCOCC(=O)N1CCN(C2CN3CCC2CC3)CC1)S(=O)(=O)c1c(C)cc(OC)cc1C. The van der Waals surface area contributed by atoms with Crippen molar-refractivity contribution in [3.05, 3.63) is 23.3 Å². The molecule has 0 N–H and O–H groups in total. The largest absolute Gasteiger partial charge is 0.497 e. The predicted octanol–water partition coefficient (Wildman–Crippen LogP) is 1.58.